The molecule has 0 spiro atoms. The largest absolute Gasteiger partial charge is 0.484 e. The highest BCUT2D eigenvalue weighted by Crippen LogP contribution is 2.46. The minimum absolute atomic E-state index is 0.303. The van der Waals surface area contributed by atoms with Gasteiger partial charge in [-0.15, -0.1) is 0 Å². The fourth-order valence-electron chi connectivity index (χ4n) is 3.42. The average molecular weight is 360 g/mol. The Balaban J connectivity index is 2.12. The first kappa shape index (κ1) is 18.9. The summed E-state index contributed by atoms with van der Waals surface area (Å²) < 4.78 is 24.1. The number of fused-ring (bicyclic) bond motifs is 3. The van der Waals surface area contributed by atoms with E-state index in [1.54, 1.807) is 6.07 Å². The predicted octanol–water partition coefficient (Wildman–Crippen LogP) is 4.47. The van der Waals surface area contributed by atoms with E-state index in [9.17, 15) is 4.79 Å². The fraction of sp³-hybridized carbons (Fsp3) is 0.571. The average Bonchev–Trinajstić information content (AvgIpc) is 2.56. The number of rotatable bonds is 6. The molecule has 0 fully saturated rings. The van der Waals surface area contributed by atoms with Gasteiger partial charge in [-0.2, -0.15) is 0 Å². The van der Waals surface area contributed by atoms with Crippen LogP contribution in [0.2, 0.25) is 0 Å². The van der Waals surface area contributed by atoms with Gasteiger partial charge < -0.3 is 18.6 Å². The molecule has 0 aliphatic carbocycles. The predicted molar refractivity (Wildman–Crippen MR) is 101 cm³/mol. The summed E-state index contributed by atoms with van der Waals surface area (Å²) in [5.74, 6) is 1.22. The Morgan fingerprint density at radius 3 is 2.58 bits per heavy atom. The maximum absolute atomic E-state index is 11.8. The molecule has 3 rings (SSSR count). The Morgan fingerprint density at radius 1 is 1.15 bits per heavy atom. The highest BCUT2D eigenvalue weighted by molar-refractivity contribution is 5.83. The third-order valence-electron chi connectivity index (χ3n) is 4.74. The van der Waals surface area contributed by atoms with Gasteiger partial charge in [-0.3, -0.25) is 0 Å². The van der Waals surface area contributed by atoms with Crippen LogP contribution in [0.15, 0.2) is 33.5 Å². The molecule has 0 saturated heterocycles. The molecule has 5 nitrogen and oxygen atoms in total. The Hall–Kier alpha value is -1.85. The van der Waals surface area contributed by atoms with Crippen molar-refractivity contribution in [2.75, 3.05) is 13.2 Å². The van der Waals surface area contributed by atoms with Crippen LogP contribution in [0.5, 0.6) is 5.75 Å². The molecule has 1 aromatic heterocycles. The molecule has 142 valence electrons. The van der Waals surface area contributed by atoms with Gasteiger partial charge in [0.15, 0.2) is 0 Å². The minimum atomic E-state index is -0.561. The molecular formula is C21H28O5. The van der Waals surface area contributed by atoms with Gasteiger partial charge in [0.1, 0.15) is 29.1 Å². The molecule has 0 radical (unpaired) electrons. The summed E-state index contributed by atoms with van der Waals surface area (Å²) in [5.41, 5.74) is 0.338. The zero-order valence-corrected chi connectivity index (χ0v) is 16.2. The zero-order valence-electron chi connectivity index (χ0n) is 16.2. The van der Waals surface area contributed by atoms with E-state index in [1.807, 2.05) is 32.9 Å². The van der Waals surface area contributed by atoms with Gasteiger partial charge in [-0.1, -0.05) is 13.8 Å². The van der Waals surface area contributed by atoms with E-state index in [0.29, 0.717) is 30.5 Å². The molecule has 1 aliphatic rings. The van der Waals surface area contributed by atoms with Crippen molar-refractivity contribution < 1.29 is 18.6 Å². The topological polar surface area (TPSA) is 57.9 Å². The molecule has 1 aromatic carbocycles. The monoisotopic (exact) mass is 360 g/mol. The van der Waals surface area contributed by atoms with Crippen molar-refractivity contribution in [1.29, 1.82) is 0 Å². The summed E-state index contributed by atoms with van der Waals surface area (Å²) in [6.07, 6.45) is 0.283. The maximum Gasteiger partial charge on any atom is 0.336 e. The van der Waals surface area contributed by atoms with Crippen LogP contribution in [0, 0.1) is 5.92 Å². The molecule has 5 heteroatoms. The molecule has 2 unspecified atom stereocenters. The van der Waals surface area contributed by atoms with Crippen LogP contribution in [0.1, 0.15) is 52.7 Å². The summed E-state index contributed by atoms with van der Waals surface area (Å²) in [6.45, 7) is 11.4. The molecule has 0 saturated carbocycles. The van der Waals surface area contributed by atoms with E-state index < -0.39 is 5.60 Å². The van der Waals surface area contributed by atoms with E-state index in [4.69, 9.17) is 18.6 Å². The summed E-state index contributed by atoms with van der Waals surface area (Å²) in [4.78, 5) is 11.8. The Labute approximate surface area is 154 Å². The van der Waals surface area contributed by atoms with Crippen molar-refractivity contribution in [1.82, 2.24) is 0 Å². The van der Waals surface area contributed by atoms with Gasteiger partial charge in [0.2, 0.25) is 0 Å². The molecule has 1 aliphatic heterocycles. The second kappa shape index (κ2) is 7.41. The number of ether oxygens (including phenoxy) is 3. The number of hydrogen-bond acceptors (Lipinski definition) is 5. The van der Waals surface area contributed by atoms with Crippen molar-refractivity contribution in [2.24, 2.45) is 5.92 Å². The Kier molecular flexibility index (Phi) is 5.39. The van der Waals surface area contributed by atoms with Crippen molar-refractivity contribution in [2.45, 2.75) is 58.8 Å². The lowest BCUT2D eigenvalue weighted by molar-refractivity contribution is -0.160. The SMILES string of the molecule is CCOC1C(OCCC(C)C)c2c(ccc3ccc(=O)oc23)OC1(C)C. The lowest BCUT2D eigenvalue weighted by Gasteiger charge is -2.44. The van der Waals surface area contributed by atoms with Gasteiger partial charge in [-0.25, -0.2) is 4.79 Å². The first-order chi connectivity index (χ1) is 12.3. The second-order valence-electron chi connectivity index (χ2n) is 7.71. The highest BCUT2D eigenvalue weighted by atomic mass is 16.6. The van der Waals surface area contributed by atoms with E-state index in [-0.39, 0.29) is 17.8 Å². The molecule has 0 amide bonds. The summed E-state index contributed by atoms with van der Waals surface area (Å²) in [6, 6.07) is 7.01. The highest BCUT2D eigenvalue weighted by Gasteiger charge is 2.46. The van der Waals surface area contributed by atoms with Gasteiger partial charge >= 0.3 is 5.63 Å². The third-order valence-corrected chi connectivity index (χ3v) is 4.74. The standard InChI is InChI=1S/C21H28O5/c1-6-23-20-19(24-12-11-13(2)3)17-15(26-21(20,4)5)9-7-14-8-10-16(22)25-18(14)17/h7-10,13,19-20H,6,11-12H2,1-5H3. The molecule has 2 atom stereocenters. The van der Waals surface area contributed by atoms with Crippen molar-refractivity contribution in [3.63, 3.8) is 0 Å². The Bertz CT molecular complexity index is 821. The van der Waals surface area contributed by atoms with Crippen LogP contribution in [-0.2, 0) is 9.47 Å². The van der Waals surface area contributed by atoms with Crippen molar-refractivity contribution in [3.8, 4) is 5.75 Å². The summed E-state index contributed by atoms with van der Waals surface area (Å²) in [7, 11) is 0. The first-order valence-electron chi connectivity index (χ1n) is 9.32. The van der Waals surface area contributed by atoms with Crippen LogP contribution in [0.4, 0.5) is 0 Å². The van der Waals surface area contributed by atoms with Crippen molar-refractivity contribution >= 4 is 11.0 Å². The minimum Gasteiger partial charge on any atom is -0.484 e. The van der Waals surface area contributed by atoms with Gasteiger partial charge in [0, 0.05) is 24.7 Å². The second-order valence-corrected chi connectivity index (χ2v) is 7.71. The molecule has 26 heavy (non-hydrogen) atoms. The summed E-state index contributed by atoms with van der Waals surface area (Å²) >= 11 is 0. The normalized spacial score (nSPS) is 21.6. The Morgan fingerprint density at radius 2 is 1.88 bits per heavy atom. The van der Waals surface area contributed by atoms with Crippen LogP contribution in [0.25, 0.3) is 11.0 Å². The molecular weight excluding hydrogens is 332 g/mol. The van der Waals surface area contributed by atoms with E-state index >= 15 is 0 Å². The number of hydrogen-bond donors (Lipinski definition) is 0. The third kappa shape index (κ3) is 3.64. The van der Waals surface area contributed by atoms with E-state index in [0.717, 1.165) is 17.4 Å². The lowest BCUT2D eigenvalue weighted by Crippen LogP contribution is -2.51. The molecule has 2 heterocycles. The molecule has 2 aromatic rings. The number of benzene rings is 1. The van der Waals surface area contributed by atoms with E-state index in [1.165, 1.54) is 6.07 Å². The quantitative estimate of drug-likeness (QED) is 0.711. The fourth-order valence-corrected chi connectivity index (χ4v) is 3.42. The zero-order chi connectivity index (χ0) is 18.9. The molecule has 0 bridgehead atoms. The summed E-state index contributed by atoms with van der Waals surface area (Å²) in [5, 5.41) is 0.847. The van der Waals surface area contributed by atoms with Crippen LogP contribution in [-0.4, -0.2) is 24.9 Å². The van der Waals surface area contributed by atoms with Crippen LogP contribution in [0.3, 0.4) is 0 Å². The molecule has 0 N–H and O–H groups in total. The van der Waals surface area contributed by atoms with Crippen LogP contribution < -0.4 is 10.4 Å². The maximum atomic E-state index is 11.8. The van der Waals surface area contributed by atoms with Crippen molar-refractivity contribution in [3.05, 3.63) is 40.2 Å². The first-order valence-corrected chi connectivity index (χ1v) is 9.32. The smallest absolute Gasteiger partial charge is 0.336 e. The van der Waals surface area contributed by atoms with Gasteiger partial charge in [0.05, 0.1) is 5.56 Å². The van der Waals surface area contributed by atoms with Gasteiger partial charge in [-0.05, 0) is 51.3 Å². The van der Waals surface area contributed by atoms with E-state index in [2.05, 4.69) is 13.8 Å². The van der Waals surface area contributed by atoms with Gasteiger partial charge in [0.25, 0.3) is 0 Å². The lowest BCUT2D eigenvalue weighted by atomic mass is 9.87. The van der Waals surface area contributed by atoms with Crippen LogP contribution >= 0.6 is 0 Å².